The fourth-order valence-electron chi connectivity index (χ4n) is 2.96. The van der Waals surface area contributed by atoms with E-state index in [0.29, 0.717) is 0 Å². The highest BCUT2D eigenvalue weighted by atomic mass is 79.9. The van der Waals surface area contributed by atoms with E-state index in [-0.39, 0.29) is 0 Å². The average molecular weight is 237 g/mol. The van der Waals surface area contributed by atoms with Crippen molar-refractivity contribution < 1.29 is 0 Å². The van der Waals surface area contributed by atoms with E-state index >= 15 is 0 Å². The van der Waals surface area contributed by atoms with Crippen LogP contribution in [0.5, 0.6) is 0 Å². The first kappa shape index (κ1) is 8.05. The first-order valence-corrected chi connectivity index (χ1v) is 5.95. The van der Waals surface area contributed by atoms with Gasteiger partial charge in [0.05, 0.1) is 0 Å². The molecule has 2 aliphatic carbocycles. The highest BCUT2D eigenvalue weighted by Crippen LogP contribution is 2.44. The van der Waals surface area contributed by atoms with E-state index in [4.69, 9.17) is 0 Å². The van der Waals surface area contributed by atoms with Gasteiger partial charge in [-0.05, 0) is 60.8 Å². The maximum absolute atomic E-state index is 3.66. The van der Waals surface area contributed by atoms with Crippen molar-refractivity contribution in [3.05, 3.63) is 33.3 Å². The zero-order valence-electron chi connectivity index (χ0n) is 7.65. The van der Waals surface area contributed by atoms with Crippen molar-refractivity contribution in [3.63, 3.8) is 0 Å². The third kappa shape index (κ3) is 1.10. The Morgan fingerprint density at radius 2 is 2.08 bits per heavy atom. The normalized spacial score (nSPS) is 24.5. The molecule has 0 aliphatic heterocycles. The number of hydrogen-bond donors (Lipinski definition) is 0. The van der Waals surface area contributed by atoms with Gasteiger partial charge in [-0.25, -0.2) is 0 Å². The Kier molecular flexibility index (Phi) is 1.76. The highest BCUT2D eigenvalue weighted by Gasteiger charge is 2.29. The lowest BCUT2D eigenvalue weighted by Crippen LogP contribution is -2.06. The smallest absolute Gasteiger partial charge is 0.0210 e. The molecule has 1 heteroatoms. The van der Waals surface area contributed by atoms with Crippen molar-refractivity contribution in [1.29, 1.82) is 0 Å². The van der Waals surface area contributed by atoms with Crippen LogP contribution in [0.2, 0.25) is 0 Å². The number of halogens is 1. The second-order valence-electron chi connectivity index (χ2n) is 4.23. The summed E-state index contributed by atoms with van der Waals surface area (Å²) in [5.41, 5.74) is 4.95. The molecular weight excluding hydrogens is 224 g/mol. The summed E-state index contributed by atoms with van der Waals surface area (Å²) in [4.78, 5) is 0. The van der Waals surface area contributed by atoms with Gasteiger partial charge in [-0.15, -0.1) is 0 Å². The van der Waals surface area contributed by atoms with Crippen LogP contribution in [0.25, 0.3) is 0 Å². The van der Waals surface area contributed by atoms with Gasteiger partial charge in [-0.2, -0.15) is 0 Å². The minimum Gasteiger partial charge on any atom is -0.0576 e. The first-order chi connectivity index (χ1) is 6.36. The van der Waals surface area contributed by atoms with Crippen LogP contribution in [0, 0.1) is 0 Å². The Bertz CT molecular complexity index is 354. The van der Waals surface area contributed by atoms with Crippen molar-refractivity contribution >= 4 is 15.9 Å². The molecule has 1 unspecified atom stereocenters. The van der Waals surface area contributed by atoms with Gasteiger partial charge in [0.1, 0.15) is 0 Å². The Morgan fingerprint density at radius 3 is 3.00 bits per heavy atom. The van der Waals surface area contributed by atoms with E-state index in [0.717, 1.165) is 5.92 Å². The van der Waals surface area contributed by atoms with E-state index in [9.17, 15) is 0 Å². The maximum Gasteiger partial charge on any atom is 0.0210 e. The molecular formula is C12H13Br. The summed E-state index contributed by atoms with van der Waals surface area (Å²) in [6.07, 6.45) is 6.83. The molecule has 0 fully saturated rings. The summed E-state index contributed by atoms with van der Waals surface area (Å²) in [6.45, 7) is 0. The molecule has 0 saturated heterocycles. The van der Waals surface area contributed by atoms with Crippen LogP contribution in [-0.2, 0) is 12.8 Å². The first-order valence-electron chi connectivity index (χ1n) is 5.16. The molecule has 0 bridgehead atoms. The van der Waals surface area contributed by atoms with Crippen LogP contribution in [-0.4, -0.2) is 0 Å². The molecule has 0 amide bonds. The predicted octanol–water partition coefficient (Wildman–Crippen LogP) is 3.82. The van der Waals surface area contributed by atoms with Crippen molar-refractivity contribution in [2.24, 2.45) is 0 Å². The van der Waals surface area contributed by atoms with Gasteiger partial charge < -0.3 is 0 Å². The summed E-state index contributed by atoms with van der Waals surface area (Å²) in [6, 6.07) is 4.56. The molecule has 0 saturated carbocycles. The van der Waals surface area contributed by atoms with Gasteiger partial charge in [0.15, 0.2) is 0 Å². The van der Waals surface area contributed by atoms with E-state index in [2.05, 4.69) is 28.1 Å². The third-order valence-corrected chi connectivity index (χ3v) is 4.28. The fourth-order valence-corrected chi connectivity index (χ4v) is 3.50. The monoisotopic (exact) mass is 236 g/mol. The van der Waals surface area contributed by atoms with Crippen LogP contribution in [0.4, 0.5) is 0 Å². The number of benzene rings is 1. The Morgan fingerprint density at radius 1 is 1.15 bits per heavy atom. The summed E-state index contributed by atoms with van der Waals surface area (Å²) in [5, 5.41) is 0. The van der Waals surface area contributed by atoms with Gasteiger partial charge >= 0.3 is 0 Å². The number of rotatable bonds is 0. The lowest BCUT2D eigenvalue weighted by atomic mass is 9.84. The van der Waals surface area contributed by atoms with E-state index in [1.165, 1.54) is 36.6 Å². The highest BCUT2D eigenvalue weighted by molar-refractivity contribution is 9.10. The minimum atomic E-state index is 0.899. The largest absolute Gasteiger partial charge is 0.0576 e. The molecule has 1 atom stereocenters. The third-order valence-electron chi connectivity index (χ3n) is 3.54. The Labute approximate surface area is 87.5 Å². The van der Waals surface area contributed by atoms with Crippen molar-refractivity contribution in [1.82, 2.24) is 0 Å². The average Bonchev–Trinajstić information content (AvgIpc) is 2.57. The van der Waals surface area contributed by atoms with Crippen molar-refractivity contribution in [3.8, 4) is 0 Å². The quantitative estimate of drug-likeness (QED) is 0.643. The second kappa shape index (κ2) is 2.84. The summed E-state index contributed by atoms with van der Waals surface area (Å²) in [5.74, 6) is 0.899. The summed E-state index contributed by atoms with van der Waals surface area (Å²) in [7, 11) is 0. The molecule has 1 aromatic carbocycles. The SMILES string of the molecule is Brc1ccc2c3c1CCC3CCC2. The van der Waals surface area contributed by atoms with E-state index in [1.54, 1.807) is 16.7 Å². The number of hydrogen-bond acceptors (Lipinski definition) is 0. The topological polar surface area (TPSA) is 0 Å². The van der Waals surface area contributed by atoms with Crippen LogP contribution < -0.4 is 0 Å². The zero-order valence-corrected chi connectivity index (χ0v) is 9.23. The van der Waals surface area contributed by atoms with Gasteiger partial charge in [-0.3, -0.25) is 0 Å². The molecule has 0 aromatic heterocycles. The van der Waals surface area contributed by atoms with Gasteiger partial charge in [0.25, 0.3) is 0 Å². The molecule has 2 aliphatic rings. The van der Waals surface area contributed by atoms with E-state index < -0.39 is 0 Å². The van der Waals surface area contributed by atoms with Gasteiger partial charge in [0, 0.05) is 4.47 Å². The molecule has 3 rings (SSSR count). The van der Waals surface area contributed by atoms with Crippen LogP contribution >= 0.6 is 15.9 Å². The standard InChI is InChI=1S/C12H13Br/c13-11-7-5-9-3-1-2-8-4-6-10(11)12(8)9/h5,7-8H,1-4,6H2. The zero-order chi connectivity index (χ0) is 8.84. The van der Waals surface area contributed by atoms with Crippen molar-refractivity contribution in [2.45, 2.75) is 38.0 Å². The molecule has 0 spiro atoms. The van der Waals surface area contributed by atoms with Crippen LogP contribution in [0.3, 0.4) is 0 Å². The second-order valence-corrected chi connectivity index (χ2v) is 5.08. The van der Waals surface area contributed by atoms with E-state index in [1.807, 2.05) is 0 Å². The fraction of sp³-hybridized carbons (Fsp3) is 0.500. The number of aryl methyl sites for hydroxylation is 1. The van der Waals surface area contributed by atoms with Crippen molar-refractivity contribution in [2.75, 3.05) is 0 Å². The van der Waals surface area contributed by atoms with Gasteiger partial charge in [0.2, 0.25) is 0 Å². The predicted molar refractivity (Wildman–Crippen MR) is 58.1 cm³/mol. The molecule has 1 aromatic rings. The molecule has 0 N–H and O–H groups in total. The lowest BCUT2D eigenvalue weighted by molar-refractivity contribution is 0.555. The lowest BCUT2D eigenvalue weighted by Gasteiger charge is -2.21. The van der Waals surface area contributed by atoms with Gasteiger partial charge in [-0.1, -0.05) is 22.0 Å². The maximum atomic E-state index is 3.66. The van der Waals surface area contributed by atoms with Crippen LogP contribution in [0.15, 0.2) is 16.6 Å². The Hall–Kier alpha value is -0.300. The molecule has 68 valence electrons. The minimum absolute atomic E-state index is 0.899. The molecule has 0 nitrogen and oxygen atoms in total. The van der Waals surface area contributed by atoms with Crippen LogP contribution in [0.1, 0.15) is 41.9 Å². The summed E-state index contributed by atoms with van der Waals surface area (Å²) >= 11 is 3.66. The summed E-state index contributed by atoms with van der Waals surface area (Å²) < 4.78 is 1.34. The Balaban J connectivity index is 2.25. The molecule has 0 radical (unpaired) electrons. The molecule has 13 heavy (non-hydrogen) atoms. The molecule has 0 heterocycles.